The van der Waals surface area contributed by atoms with E-state index in [4.69, 9.17) is 14.2 Å². The second-order valence-corrected chi connectivity index (χ2v) is 11.3. The van der Waals surface area contributed by atoms with Gasteiger partial charge in [-0.25, -0.2) is 9.18 Å². The van der Waals surface area contributed by atoms with E-state index in [1.807, 2.05) is 0 Å². The Morgan fingerprint density at radius 1 is 0.913 bits per heavy atom. The fourth-order valence-electron chi connectivity index (χ4n) is 5.40. The third kappa shape index (κ3) is 9.92. The summed E-state index contributed by atoms with van der Waals surface area (Å²) in [6, 6.07) is 12.1. The van der Waals surface area contributed by atoms with Crippen molar-refractivity contribution in [1.82, 2.24) is 0 Å². The van der Waals surface area contributed by atoms with Crippen molar-refractivity contribution in [1.29, 1.82) is 0 Å². The largest absolute Gasteiger partial charge is 0.494 e. The Bertz CT molecular complexity index is 1320. The average Bonchev–Trinajstić information content (AvgIpc) is 3.03. The van der Waals surface area contributed by atoms with Crippen molar-refractivity contribution in [2.24, 2.45) is 0 Å². The Balaban J connectivity index is 1.74. The van der Waals surface area contributed by atoms with Gasteiger partial charge in [0.05, 0.1) is 12.2 Å². The summed E-state index contributed by atoms with van der Waals surface area (Å²) in [6.07, 6.45) is 1.89. The number of alkyl halides is 4. The molecule has 0 aromatic heterocycles. The van der Waals surface area contributed by atoms with Crippen molar-refractivity contribution in [3.63, 3.8) is 0 Å². The third-order valence-corrected chi connectivity index (χ3v) is 8.01. The van der Waals surface area contributed by atoms with E-state index in [1.54, 1.807) is 31.2 Å². The number of hydrogen-bond donors (Lipinski definition) is 1. The topological polar surface area (TPSA) is 82.1 Å². The number of hydrogen-bond acceptors (Lipinski definition) is 5. The number of benzene rings is 2. The summed E-state index contributed by atoms with van der Waals surface area (Å²) in [7, 11) is 0. The number of halogens is 4. The van der Waals surface area contributed by atoms with Gasteiger partial charge in [0.2, 0.25) is 0 Å². The highest BCUT2D eigenvalue weighted by molar-refractivity contribution is 5.97. The summed E-state index contributed by atoms with van der Waals surface area (Å²) < 4.78 is 72.9. The van der Waals surface area contributed by atoms with Crippen LogP contribution < -0.4 is 4.74 Å². The van der Waals surface area contributed by atoms with Gasteiger partial charge in [-0.1, -0.05) is 87.9 Å². The van der Waals surface area contributed by atoms with Crippen molar-refractivity contribution < 1.29 is 46.5 Å². The molecule has 3 atom stereocenters. The number of carbonyl (C=O) groups is 2. The van der Waals surface area contributed by atoms with Crippen LogP contribution in [-0.2, 0) is 19.7 Å². The number of unbranched alkanes of at least 4 members (excludes halogenated alkanes) is 6. The Morgan fingerprint density at radius 3 is 2.22 bits per heavy atom. The van der Waals surface area contributed by atoms with E-state index in [1.165, 1.54) is 56.4 Å². The first-order valence-electron chi connectivity index (χ1n) is 16.0. The highest BCUT2D eigenvalue weighted by atomic mass is 19.4. The minimum absolute atomic E-state index is 0.0127. The Morgan fingerprint density at radius 2 is 1.59 bits per heavy atom. The van der Waals surface area contributed by atoms with Crippen LogP contribution in [0.1, 0.15) is 93.1 Å². The summed E-state index contributed by atoms with van der Waals surface area (Å²) in [5.74, 6) is -2.34. The first-order valence-corrected chi connectivity index (χ1v) is 16.0. The minimum atomic E-state index is -4.86. The van der Waals surface area contributed by atoms with Gasteiger partial charge in [0.1, 0.15) is 17.3 Å². The standard InChI is InChI=1S/C36H44F4O6/c1-3-5-6-7-8-9-12-24-45-28-19-17-26(18-20-28)27-21-22-35(34(42)43,31(37)25-27)30-15-11-10-14-29(30)33(41)46-32(36(38,39)40)16-13-23-44-4-2/h10-11,14-15,17-22,25,31-32H,3-9,12-13,16,23-24H2,1-2H3,(H,42,43). The van der Waals surface area contributed by atoms with Gasteiger partial charge in [0, 0.05) is 13.2 Å². The summed E-state index contributed by atoms with van der Waals surface area (Å²) in [4.78, 5) is 25.8. The van der Waals surface area contributed by atoms with Crippen LogP contribution in [0.25, 0.3) is 5.57 Å². The monoisotopic (exact) mass is 648 g/mol. The zero-order valence-corrected chi connectivity index (χ0v) is 26.5. The molecule has 1 aliphatic carbocycles. The van der Waals surface area contributed by atoms with E-state index < -0.39 is 47.8 Å². The van der Waals surface area contributed by atoms with Gasteiger partial charge in [-0.05, 0) is 67.2 Å². The lowest BCUT2D eigenvalue weighted by Crippen LogP contribution is -2.45. The number of rotatable bonds is 19. The summed E-state index contributed by atoms with van der Waals surface area (Å²) in [5.41, 5.74) is -2.11. The molecule has 0 heterocycles. The van der Waals surface area contributed by atoms with Gasteiger partial charge >= 0.3 is 18.1 Å². The fraction of sp³-hybridized carbons (Fsp3) is 0.500. The number of carbonyl (C=O) groups excluding carboxylic acids is 1. The molecule has 252 valence electrons. The maximum Gasteiger partial charge on any atom is 0.425 e. The predicted molar refractivity (Wildman–Crippen MR) is 169 cm³/mol. The minimum Gasteiger partial charge on any atom is -0.494 e. The number of aliphatic carboxylic acids is 1. The van der Waals surface area contributed by atoms with Crippen molar-refractivity contribution in [2.75, 3.05) is 19.8 Å². The van der Waals surface area contributed by atoms with Gasteiger partial charge in [0.15, 0.2) is 6.10 Å². The molecule has 10 heteroatoms. The summed E-state index contributed by atoms with van der Waals surface area (Å²) >= 11 is 0. The Kier molecular flexibility index (Phi) is 14.3. The van der Waals surface area contributed by atoms with E-state index in [-0.39, 0.29) is 18.6 Å². The molecular weight excluding hydrogens is 604 g/mol. The molecule has 0 bridgehead atoms. The summed E-state index contributed by atoms with van der Waals surface area (Å²) in [6.45, 7) is 4.86. The average molecular weight is 649 g/mol. The first kappa shape index (κ1) is 36.8. The molecule has 6 nitrogen and oxygen atoms in total. The summed E-state index contributed by atoms with van der Waals surface area (Å²) in [5, 5.41) is 10.3. The third-order valence-electron chi connectivity index (χ3n) is 8.01. The van der Waals surface area contributed by atoms with Gasteiger partial charge in [-0.15, -0.1) is 0 Å². The highest BCUT2D eigenvalue weighted by Crippen LogP contribution is 2.41. The molecular formula is C36H44F4O6. The molecule has 2 aromatic rings. The molecule has 1 N–H and O–H groups in total. The normalized spacial score (nSPS) is 18.6. The van der Waals surface area contributed by atoms with Crippen LogP contribution in [0.15, 0.2) is 66.8 Å². The number of carboxylic acids is 1. The number of carboxylic acid groups (broad SMARTS) is 1. The van der Waals surface area contributed by atoms with Crippen molar-refractivity contribution in [2.45, 2.75) is 95.5 Å². The molecule has 0 amide bonds. The molecule has 0 aliphatic heterocycles. The van der Waals surface area contributed by atoms with Crippen molar-refractivity contribution in [3.05, 3.63) is 83.4 Å². The van der Waals surface area contributed by atoms with Crippen LogP contribution in [0.5, 0.6) is 5.75 Å². The molecule has 1 aliphatic rings. The fourth-order valence-corrected chi connectivity index (χ4v) is 5.40. The lowest BCUT2D eigenvalue weighted by molar-refractivity contribution is -0.206. The lowest BCUT2D eigenvalue weighted by atomic mass is 9.71. The van der Waals surface area contributed by atoms with E-state index in [9.17, 15) is 27.9 Å². The van der Waals surface area contributed by atoms with Crippen LogP contribution >= 0.6 is 0 Å². The van der Waals surface area contributed by atoms with Gasteiger partial charge in [-0.3, -0.25) is 4.79 Å². The maximum atomic E-state index is 16.0. The van der Waals surface area contributed by atoms with Crippen LogP contribution in [0.4, 0.5) is 17.6 Å². The molecule has 0 radical (unpaired) electrons. The molecule has 3 unspecified atom stereocenters. The van der Waals surface area contributed by atoms with Gasteiger partial charge in [-0.2, -0.15) is 13.2 Å². The zero-order chi connectivity index (χ0) is 33.6. The van der Waals surface area contributed by atoms with E-state index >= 15 is 4.39 Å². The van der Waals surface area contributed by atoms with Crippen LogP contribution in [0.2, 0.25) is 0 Å². The molecule has 2 aromatic carbocycles. The van der Waals surface area contributed by atoms with E-state index in [0.29, 0.717) is 30.1 Å². The molecule has 3 rings (SSSR count). The molecule has 0 fully saturated rings. The second kappa shape index (κ2) is 17.9. The number of ether oxygens (including phenoxy) is 3. The molecule has 46 heavy (non-hydrogen) atoms. The maximum absolute atomic E-state index is 16.0. The van der Waals surface area contributed by atoms with Crippen molar-refractivity contribution in [3.8, 4) is 5.75 Å². The zero-order valence-electron chi connectivity index (χ0n) is 26.5. The SMILES string of the molecule is CCCCCCCCCOc1ccc(C2=CC(F)C(C(=O)O)(c3ccccc3C(=O)OC(CCCOCC)C(F)(F)F)C=C2)cc1. The molecule has 0 saturated heterocycles. The van der Waals surface area contributed by atoms with Gasteiger partial charge < -0.3 is 19.3 Å². The number of esters is 1. The Labute approximate surface area is 268 Å². The van der Waals surface area contributed by atoms with Gasteiger partial charge in [0.25, 0.3) is 0 Å². The van der Waals surface area contributed by atoms with E-state index in [2.05, 4.69) is 6.92 Å². The molecule has 0 saturated carbocycles. The van der Waals surface area contributed by atoms with Crippen LogP contribution in [-0.4, -0.2) is 55.3 Å². The highest BCUT2D eigenvalue weighted by Gasteiger charge is 2.50. The quantitative estimate of drug-likeness (QED) is 0.0930. The van der Waals surface area contributed by atoms with Crippen LogP contribution in [0.3, 0.4) is 0 Å². The first-order chi connectivity index (χ1) is 22.0. The molecule has 0 spiro atoms. The lowest BCUT2D eigenvalue weighted by Gasteiger charge is -2.33. The smallest absolute Gasteiger partial charge is 0.425 e. The van der Waals surface area contributed by atoms with E-state index in [0.717, 1.165) is 31.1 Å². The second-order valence-electron chi connectivity index (χ2n) is 11.3. The number of allylic oxidation sites excluding steroid dienone is 3. The van der Waals surface area contributed by atoms with Crippen LogP contribution in [0, 0.1) is 0 Å². The van der Waals surface area contributed by atoms with Crippen molar-refractivity contribution >= 4 is 17.5 Å². The Hall–Kier alpha value is -3.66. The predicted octanol–water partition coefficient (Wildman–Crippen LogP) is 9.03.